The molecule has 2 atom stereocenters. The van der Waals surface area contributed by atoms with E-state index >= 15 is 0 Å². The molecule has 3 aromatic carbocycles. The molecule has 2 heterocycles. The second-order valence-corrected chi connectivity index (χ2v) is 13.9. The van der Waals surface area contributed by atoms with E-state index in [-0.39, 0.29) is 39.4 Å². The summed E-state index contributed by atoms with van der Waals surface area (Å²) in [6, 6.07) is 13.0. The Morgan fingerprint density at radius 2 is 1.81 bits per heavy atom. The fraction of sp³-hybridized carbons (Fsp3) is 0.273. The van der Waals surface area contributed by atoms with Crippen molar-refractivity contribution in [1.29, 1.82) is 0 Å². The molecular weight excluding hydrogens is 687 g/mol. The Kier molecular flexibility index (Phi) is 10.3. The maximum absolute atomic E-state index is 13.7. The van der Waals surface area contributed by atoms with Gasteiger partial charge in [-0.3, -0.25) is 9.59 Å². The minimum atomic E-state index is -3.57. The van der Waals surface area contributed by atoms with Gasteiger partial charge in [0.15, 0.2) is 9.84 Å². The van der Waals surface area contributed by atoms with Gasteiger partial charge in [-0.2, -0.15) is 0 Å². The van der Waals surface area contributed by atoms with Crippen LogP contribution in [0.15, 0.2) is 70.2 Å². The van der Waals surface area contributed by atoms with Gasteiger partial charge in [0.25, 0.3) is 11.8 Å². The van der Waals surface area contributed by atoms with E-state index in [0.717, 1.165) is 18.8 Å². The maximum atomic E-state index is 13.7. The number of sulfone groups is 1. The summed E-state index contributed by atoms with van der Waals surface area (Å²) in [5.41, 5.74) is 2.62. The van der Waals surface area contributed by atoms with Crippen molar-refractivity contribution >= 4 is 67.9 Å². The van der Waals surface area contributed by atoms with Crippen LogP contribution in [0.25, 0.3) is 11.0 Å². The first kappa shape index (κ1) is 34.7. The molecule has 1 aromatic heterocycles. The Bertz CT molecular complexity index is 2030. The second kappa shape index (κ2) is 14.3. The van der Waals surface area contributed by atoms with Crippen LogP contribution < -0.4 is 5.32 Å². The van der Waals surface area contributed by atoms with Crippen LogP contribution in [0, 0.1) is 0 Å². The van der Waals surface area contributed by atoms with Crippen molar-refractivity contribution in [3.63, 3.8) is 0 Å². The van der Waals surface area contributed by atoms with Gasteiger partial charge in [-0.1, -0.05) is 41.4 Å². The average Bonchev–Trinajstić information content (AvgIpc) is 3.51. The van der Waals surface area contributed by atoms with Crippen LogP contribution in [0.2, 0.25) is 10.0 Å². The normalized spacial score (nSPS) is 14.1. The third-order valence-corrected chi connectivity index (χ3v) is 9.51. The molecule has 1 aliphatic heterocycles. The van der Waals surface area contributed by atoms with E-state index < -0.39 is 40.2 Å². The van der Waals surface area contributed by atoms with E-state index in [9.17, 15) is 27.6 Å². The lowest BCUT2D eigenvalue weighted by molar-refractivity contribution is -0.169. The molecule has 12 nitrogen and oxygen atoms in total. The van der Waals surface area contributed by atoms with Crippen LogP contribution in [-0.4, -0.2) is 69.5 Å². The summed E-state index contributed by atoms with van der Waals surface area (Å²) in [6.07, 6.45) is 0.250. The Morgan fingerprint density at radius 3 is 2.54 bits per heavy atom. The molecule has 0 saturated carbocycles. The number of rotatable bonds is 9. The lowest BCUT2D eigenvalue weighted by atomic mass is 9.95. The van der Waals surface area contributed by atoms with Crippen LogP contribution in [0.5, 0.6) is 0 Å². The number of hydrogen-bond donors (Lipinski definition) is 1. The predicted molar refractivity (Wildman–Crippen MR) is 175 cm³/mol. The fourth-order valence-electron chi connectivity index (χ4n) is 5.32. The summed E-state index contributed by atoms with van der Waals surface area (Å²) in [6.45, 7) is 1.78. The zero-order valence-electron chi connectivity index (χ0n) is 26.0. The smallest absolute Gasteiger partial charge is 0.464 e. The van der Waals surface area contributed by atoms with E-state index in [1.54, 1.807) is 47.6 Å². The first-order valence-electron chi connectivity index (χ1n) is 14.6. The van der Waals surface area contributed by atoms with E-state index in [4.69, 9.17) is 37.1 Å². The molecule has 1 aliphatic rings. The molecule has 2 amide bonds. The van der Waals surface area contributed by atoms with Gasteiger partial charge < -0.3 is 28.8 Å². The van der Waals surface area contributed by atoms with Crippen LogP contribution in [0.1, 0.15) is 44.3 Å². The molecule has 0 radical (unpaired) electrons. The Balaban J connectivity index is 1.38. The monoisotopic (exact) mass is 716 g/mol. The third kappa shape index (κ3) is 7.75. The van der Waals surface area contributed by atoms with Crippen LogP contribution in [-0.2, 0) is 48.2 Å². The van der Waals surface area contributed by atoms with Gasteiger partial charge >= 0.3 is 12.1 Å². The van der Waals surface area contributed by atoms with Crippen molar-refractivity contribution in [1.82, 2.24) is 10.2 Å². The second-order valence-electron chi connectivity index (χ2n) is 11.1. The number of benzene rings is 3. The number of nitrogens with one attached hydrogen (secondary N) is 1. The summed E-state index contributed by atoms with van der Waals surface area (Å²) < 4.78 is 44.2. The molecule has 0 saturated heterocycles. The number of carbonyl (C=O) groups excluding carboxylic acids is 4. The van der Waals surface area contributed by atoms with Crippen molar-refractivity contribution in [3.8, 4) is 0 Å². The van der Waals surface area contributed by atoms with Gasteiger partial charge in [0.2, 0.25) is 6.29 Å². The third-order valence-electron chi connectivity index (χ3n) is 7.69. The minimum absolute atomic E-state index is 0.00986. The number of esters is 1. The Morgan fingerprint density at radius 1 is 1.04 bits per heavy atom. The van der Waals surface area contributed by atoms with Crippen molar-refractivity contribution in [2.45, 2.75) is 43.5 Å². The van der Waals surface area contributed by atoms with E-state index in [2.05, 4.69) is 10.1 Å². The van der Waals surface area contributed by atoms with E-state index in [1.165, 1.54) is 25.1 Å². The predicted octanol–water partition coefficient (Wildman–Crippen LogP) is 5.35. The molecule has 1 unspecified atom stereocenters. The number of methoxy groups -OCH3 is 1. The van der Waals surface area contributed by atoms with Crippen LogP contribution in [0.4, 0.5) is 4.79 Å². The van der Waals surface area contributed by atoms with Crippen molar-refractivity contribution in [2.24, 2.45) is 0 Å². The molecule has 0 spiro atoms. The topological polar surface area (TPSA) is 159 Å². The number of fused-ring (bicyclic) bond motifs is 2. The highest BCUT2D eigenvalue weighted by molar-refractivity contribution is 7.90. The summed E-state index contributed by atoms with van der Waals surface area (Å²) in [4.78, 5) is 53.4. The van der Waals surface area contributed by atoms with Crippen molar-refractivity contribution in [2.75, 3.05) is 19.9 Å². The SMILES string of the molecule is COC(=O)OC(C)OC(=O)[C@H](Cc1cccc(S(C)(=O)=O)c1)NC(=O)c1c(Cl)cc2c(c1Cl)CCN(C(=O)c1ccc3ccoc3c1)C2. The van der Waals surface area contributed by atoms with Gasteiger partial charge in [-0.05, 0) is 59.5 Å². The Hall–Kier alpha value is -4.59. The molecule has 15 heteroatoms. The lowest BCUT2D eigenvalue weighted by Crippen LogP contribution is -2.45. The summed E-state index contributed by atoms with van der Waals surface area (Å²) in [5, 5.41) is 3.51. The largest absolute Gasteiger partial charge is 0.511 e. The zero-order chi connectivity index (χ0) is 34.7. The molecule has 0 aliphatic carbocycles. The fourth-order valence-corrected chi connectivity index (χ4v) is 6.77. The number of ether oxygens (including phenoxy) is 3. The highest BCUT2D eigenvalue weighted by Gasteiger charge is 2.31. The molecule has 48 heavy (non-hydrogen) atoms. The molecule has 0 bridgehead atoms. The number of hydrogen-bond acceptors (Lipinski definition) is 10. The molecule has 4 aromatic rings. The summed E-state index contributed by atoms with van der Waals surface area (Å²) in [7, 11) is -2.49. The number of carbonyl (C=O) groups is 4. The Labute approximate surface area is 285 Å². The number of furan rings is 1. The first-order chi connectivity index (χ1) is 22.7. The van der Waals surface area contributed by atoms with E-state index in [0.29, 0.717) is 40.8 Å². The van der Waals surface area contributed by atoms with Crippen molar-refractivity contribution in [3.05, 3.63) is 98.7 Å². The molecular formula is C33H30Cl2N2O10S. The van der Waals surface area contributed by atoms with Gasteiger partial charge in [0, 0.05) is 43.6 Å². The number of halogens is 2. The number of amides is 2. The van der Waals surface area contributed by atoms with Gasteiger partial charge in [0.1, 0.15) is 11.6 Å². The summed E-state index contributed by atoms with van der Waals surface area (Å²) in [5.74, 6) is -2.00. The lowest BCUT2D eigenvalue weighted by Gasteiger charge is -2.30. The van der Waals surface area contributed by atoms with Gasteiger partial charge in [-0.15, -0.1) is 0 Å². The highest BCUT2D eigenvalue weighted by Crippen LogP contribution is 2.35. The maximum Gasteiger partial charge on any atom is 0.511 e. The number of nitrogens with zero attached hydrogens (tertiary/aromatic N) is 1. The standard InChI is InChI=1S/C33H30Cl2N2O10S/c1-18(47-33(41)44-2)46-32(40)26(14-19-5-4-6-23(13-19)48(3,42)43)36-30(38)28-25(34)15-22-17-37(11-9-24(22)29(28)35)31(39)21-8-7-20-10-12-45-27(20)16-21/h4-8,10,12-13,15-16,18,26H,9,11,14,17H2,1-3H3,(H,36,38)/t18?,26-/m0/s1. The first-order valence-corrected chi connectivity index (χ1v) is 17.2. The van der Waals surface area contributed by atoms with E-state index in [1.807, 2.05) is 0 Å². The highest BCUT2D eigenvalue weighted by atomic mass is 35.5. The van der Waals surface area contributed by atoms with Crippen LogP contribution >= 0.6 is 23.2 Å². The molecule has 0 fully saturated rings. The van der Waals surface area contributed by atoms with Crippen LogP contribution in [0.3, 0.4) is 0 Å². The van der Waals surface area contributed by atoms with Crippen molar-refractivity contribution < 1.29 is 46.2 Å². The zero-order valence-corrected chi connectivity index (χ0v) is 28.3. The summed E-state index contributed by atoms with van der Waals surface area (Å²) >= 11 is 13.4. The quantitative estimate of drug-likeness (QED) is 0.177. The minimum Gasteiger partial charge on any atom is -0.464 e. The molecule has 1 N–H and O–H groups in total. The van der Waals surface area contributed by atoms with Gasteiger partial charge in [0.05, 0.1) is 33.9 Å². The molecule has 252 valence electrons. The average molecular weight is 718 g/mol. The van der Waals surface area contributed by atoms with Gasteiger partial charge in [-0.25, -0.2) is 18.0 Å². The molecule has 5 rings (SSSR count).